The van der Waals surface area contributed by atoms with Crippen LogP contribution in [0.3, 0.4) is 0 Å². The highest BCUT2D eigenvalue weighted by atomic mass is 16.5. The van der Waals surface area contributed by atoms with Gasteiger partial charge in [0.05, 0.1) is 18.8 Å². The molecule has 0 aliphatic rings. The van der Waals surface area contributed by atoms with E-state index in [9.17, 15) is 5.11 Å². The van der Waals surface area contributed by atoms with Crippen molar-refractivity contribution in [2.45, 2.75) is 38.8 Å². The molecule has 0 aromatic carbocycles. The first kappa shape index (κ1) is 17.9. The van der Waals surface area contributed by atoms with Crippen molar-refractivity contribution in [1.29, 1.82) is 0 Å². The highest BCUT2D eigenvalue weighted by molar-refractivity contribution is 5.52. The van der Waals surface area contributed by atoms with Crippen molar-refractivity contribution in [1.82, 2.24) is 15.0 Å². The third-order valence-electron chi connectivity index (χ3n) is 3.54. The van der Waals surface area contributed by atoms with Gasteiger partial charge in [0.15, 0.2) is 17.4 Å². The predicted octanol–water partition coefficient (Wildman–Crippen LogP) is 3.06. The zero-order valence-electron chi connectivity index (χ0n) is 14.0. The first-order valence-electron chi connectivity index (χ1n) is 8.15. The van der Waals surface area contributed by atoms with Crippen molar-refractivity contribution in [3.63, 3.8) is 0 Å². The summed E-state index contributed by atoms with van der Waals surface area (Å²) in [5.74, 6) is 1.62. The first-order valence-corrected chi connectivity index (χ1v) is 8.15. The fourth-order valence-electron chi connectivity index (χ4n) is 2.19. The van der Waals surface area contributed by atoms with Crippen molar-refractivity contribution in [3.05, 3.63) is 48.7 Å². The van der Waals surface area contributed by atoms with Crippen LogP contribution in [0.4, 0.5) is 5.82 Å². The molecular weight excluding hydrogens is 304 g/mol. The lowest BCUT2D eigenvalue weighted by Crippen LogP contribution is -2.25. The van der Waals surface area contributed by atoms with E-state index in [1.165, 1.54) is 0 Å². The number of hydrogen-bond acceptors (Lipinski definition) is 6. The van der Waals surface area contributed by atoms with Crippen LogP contribution in [-0.2, 0) is 6.61 Å². The molecule has 0 unspecified atom stereocenters. The largest absolute Gasteiger partial charge is 0.483 e. The summed E-state index contributed by atoms with van der Waals surface area (Å²) in [6.07, 6.45) is 9.64. The molecule has 1 atom stereocenters. The van der Waals surface area contributed by atoms with E-state index in [0.29, 0.717) is 24.0 Å². The second-order valence-electron chi connectivity index (χ2n) is 5.46. The molecule has 0 spiro atoms. The van der Waals surface area contributed by atoms with Crippen molar-refractivity contribution in [2.75, 3.05) is 11.9 Å². The van der Waals surface area contributed by atoms with Crippen LogP contribution in [0.15, 0.2) is 37.3 Å². The lowest BCUT2D eigenvalue weighted by atomic mass is 10.1. The molecule has 0 saturated heterocycles. The Hall–Kier alpha value is -2.47. The molecule has 2 aromatic heterocycles. The number of ether oxygens (including phenoxy) is 1. The van der Waals surface area contributed by atoms with Gasteiger partial charge in [-0.3, -0.25) is 4.98 Å². The third-order valence-corrected chi connectivity index (χ3v) is 3.54. The van der Waals surface area contributed by atoms with Gasteiger partial charge in [-0.1, -0.05) is 32.4 Å². The Kier molecular flexibility index (Phi) is 7.17. The lowest BCUT2D eigenvalue weighted by molar-refractivity contribution is 0.265. The number of aromatic nitrogens is 3. The molecule has 6 heteroatoms. The summed E-state index contributed by atoms with van der Waals surface area (Å²) >= 11 is 0. The number of nitrogens with one attached hydrogen (secondary N) is 1. The number of aliphatic hydroxyl groups excluding tert-OH is 1. The molecule has 2 heterocycles. The summed E-state index contributed by atoms with van der Waals surface area (Å²) in [7, 11) is 0. The van der Waals surface area contributed by atoms with E-state index in [4.69, 9.17) is 4.74 Å². The first-order chi connectivity index (χ1) is 11.8. The van der Waals surface area contributed by atoms with Crippen molar-refractivity contribution in [3.8, 4) is 5.75 Å². The second-order valence-corrected chi connectivity index (χ2v) is 5.46. The molecule has 2 aromatic rings. The summed E-state index contributed by atoms with van der Waals surface area (Å²) in [6.45, 7) is 6.23. The zero-order valence-corrected chi connectivity index (χ0v) is 14.0. The normalized spacial score (nSPS) is 11.8. The third kappa shape index (κ3) is 5.31. The Morgan fingerprint density at radius 1 is 1.42 bits per heavy atom. The second kappa shape index (κ2) is 9.62. The van der Waals surface area contributed by atoms with Gasteiger partial charge in [0.1, 0.15) is 6.61 Å². The predicted molar refractivity (Wildman–Crippen MR) is 94.7 cm³/mol. The number of nitrogens with zero attached hydrogens (tertiary/aromatic N) is 3. The number of anilines is 1. The average molecular weight is 328 g/mol. The fraction of sp³-hybridized carbons (Fsp3) is 0.389. The quantitative estimate of drug-likeness (QED) is 0.698. The van der Waals surface area contributed by atoms with Crippen LogP contribution in [-0.4, -0.2) is 32.7 Å². The number of unbranched alkanes of at least 4 members (excludes halogenated alkanes) is 1. The maximum Gasteiger partial charge on any atom is 0.180 e. The summed E-state index contributed by atoms with van der Waals surface area (Å²) in [6, 6.07) is 3.73. The van der Waals surface area contributed by atoms with Gasteiger partial charge >= 0.3 is 0 Å². The SMILES string of the molecule is C=Cc1ncc(OCc2cccnc2)c(N[C@H](CO)CCCC)n1. The molecule has 0 aliphatic carbocycles. The van der Waals surface area contributed by atoms with Gasteiger partial charge in [0.25, 0.3) is 0 Å². The minimum atomic E-state index is -0.0711. The van der Waals surface area contributed by atoms with Crippen LogP contribution in [0.1, 0.15) is 37.6 Å². The fourth-order valence-corrected chi connectivity index (χ4v) is 2.19. The smallest absolute Gasteiger partial charge is 0.180 e. The minimum absolute atomic E-state index is 0.0372. The molecule has 0 bridgehead atoms. The molecule has 2 rings (SSSR count). The number of hydrogen-bond donors (Lipinski definition) is 2. The van der Waals surface area contributed by atoms with E-state index in [0.717, 1.165) is 24.8 Å². The highest BCUT2D eigenvalue weighted by Crippen LogP contribution is 2.24. The lowest BCUT2D eigenvalue weighted by Gasteiger charge is -2.19. The molecule has 24 heavy (non-hydrogen) atoms. The molecule has 6 nitrogen and oxygen atoms in total. The standard InChI is InChI=1S/C18H24N4O2/c1-3-5-8-15(12-23)21-18-16(11-20-17(4-2)22-18)24-13-14-7-6-9-19-10-14/h4,6-7,9-11,15,23H,2-3,5,8,12-13H2,1H3,(H,20,21,22)/t15-/m0/s1. The van der Waals surface area contributed by atoms with E-state index in [2.05, 4.69) is 33.8 Å². The highest BCUT2D eigenvalue weighted by Gasteiger charge is 2.13. The van der Waals surface area contributed by atoms with Crippen molar-refractivity contribution >= 4 is 11.9 Å². The molecule has 0 fully saturated rings. The van der Waals surface area contributed by atoms with Gasteiger partial charge < -0.3 is 15.2 Å². The summed E-state index contributed by atoms with van der Waals surface area (Å²) < 4.78 is 5.83. The zero-order chi connectivity index (χ0) is 17.2. The maximum atomic E-state index is 9.56. The van der Waals surface area contributed by atoms with Crippen LogP contribution in [0.5, 0.6) is 5.75 Å². The Balaban J connectivity index is 2.12. The molecule has 128 valence electrons. The maximum absolute atomic E-state index is 9.56. The number of rotatable bonds is 10. The van der Waals surface area contributed by atoms with Crippen molar-refractivity contribution < 1.29 is 9.84 Å². The Labute approximate surface area is 142 Å². The molecule has 0 aliphatic heterocycles. The van der Waals surface area contributed by atoms with Gasteiger partial charge in [0, 0.05) is 18.0 Å². The van der Waals surface area contributed by atoms with Crippen LogP contribution >= 0.6 is 0 Å². The molecule has 0 radical (unpaired) electrons. The van der Waals surface area contributed by atoms with E-state index >= 15 is 0 Å². The minimum Gasteiger partial charge on any atom is -0.483 e. The summed E-state index contributed by atoms with van der Waals surface area (Å²) in [5.41, 5.74) is 0.959. The van der Waals surface area contributed by atoms with Gasteiger partial charge in [-0.15, -0.1) is 0 Å². The van der Waals surface area contributed by atoms with E-state index < -0.39 is 0 Å². The summed E-state index contributed by atoms with van der Waals surface area (Å²) in [4.78, 5) is 12.7. The van der Waals surface area contributed by atoms with Crippen LogP contribution in [0.25, 0.3) is 6.08 Å². The van der Waals surface area contributed by atoms with Gasteiger partial charge in [-0.05, 0) is 18.6 Å². The average Bonchev–Trinajstić information content (AvgIpc) is 2.64. The topological polar surface area (TPSA) is 80.2 Å². The summed E-state index contributed by atoms with van der Waals surface area (Å²) in [5, 5.41) is 12.8. The van der Waals surface area contributed by atoms with Crippen LogP contribution in [0.2, 0.25) is 0 Å². The number of pyridine rings is 1. The molecular formula is C18H24N4O2. The van der Waals surface area contributed by atoms with Gasteiger partial charge in [-0.2, -0.15) is 0 Å². The van der Waals surface area contributed by atoms with Gasteiger partial charge in [-0.25, -0.2) is 9.97 Å². The van der Waals surface area contributed by atoms with E-state index in [-0.39, 0.29) is 12.6 Å². The Morgan fingerprint density at radius 2 is 2.29 bits per heavy atom. The van der Waals surface area contributed by atoms with E-state index in [1.54, 1.807) is 24.7 Å². The van der Waals surface area contributed by atoms with Crippen LogP contribution in [0, 0.1) is 0 Å². The van der Waals surface area contributed by atoms with E-state index in [1.807, 2.05) is 12.1 Å². The van der Waals surface area contributed by atoms with Gasteiger partial charge in [0.2, 0.25) is 0 Å². The Bertz CT molecular complexity index is 634. The van der Waals surface area contributed by atoms with Crippen LogP contribution < -0.4 is 10.1 Å². The Morgan fingerprint density at radius 3 is 2.96 bits per heavy atom. The van der Waals surface area contributed by atoms with Crippen molar-refractivity contribution in [2.24, 2.45) is 0 Å². The molecule has 0 saturated carbocycles. The molecule has 0 amide bonds. The molecule has 2 N–H and O–H groups in total. The monoisotopic (exact) mass is 328 g/mol. The number of aliphatic hydroxyl groups is 1.